The van der Waals surface area contributed by atoms with Crippen LogP contribution in [0.3, 0.4) is 0 Å². The fourth-order valence-electron chi connectivity index (χ4n) is 4.83. The van der Waals surface area contributed by atoms with Crippen molar-refractivity contribution in [3.8, 4) is 11.5 Å². The van der Waals surface area contributed by atoms with Crippen molar-refractivity contribution in [2.24, 2.45) is 7.05 Å². The number of aromatic nitrogens is 1. The first-order valence-corrected chi connectivity index (χ1v) is 13.2. The molecule has 4 rings (SSSR count). The van der Waals surface area contributed by atoms with Gasteiger partial charge < -0.3 is 38.4 Å². The van der Waals surface area contributed by atoms with Crippen LogP contribution in [0, 0.1) is 0 Å². The summed E-state index contributed by atoms with van der Waals surface area (Å²) in [5, 5.41) is 12.4. The van der Waals surface area contributed by atoms with Crippen molar-refractivity contribution in [2.45, 2.75) is 32.3 Å². The molecule has 0 spiro atoms. The molecule has 0 saturated carbocycles. The van der Waals surface area contributed by atoms with Gasteiger partial charge in [-0.2, -0.15) is 4.89 Å². The predicted octanol–water partition coefficient (Wildman–Crippen LogP) is 2.76. The van der Waals surface area contributed by atoms with Crippen LogP contribution < -0.4 is 14.9 Å². The molecule has 43 heavy (non-hydrogen) atoms. The molecule has 2 amide bonds. The molecule has 14 heteroatoms. The molecule has 2 aromatic rings. The van der Waals surface area contributed by atoms with Crippen molar-refractivity contribution >= 4 is 29.3 Å². The third-order valence-electron chi connectivity index (χ3n) is 6.99. The Morgan fingerprint density at radius 1 is 1.16 bits per heavy atom. The van der Waals surface area contributed by atoms with Crippen LogP contribution in [-0.2, 0) is 32.8 Å². The Hall–Kier alpha value is -4.66. The molecule has 0 radical (unpaired) electrons. The van der Waals surface area contributed by atoms with Crippen molar-refractivity contribution in [2.75, 3.05) is 39.8 Å². The molecule has 1 aromatic heterocycles. The van der Waals surface area contributed by atoms with E-state index in [1.165, 1.54) is 49.1 Å². The topological polar surface area (TPSA) is 164 Å². The lowest BCUT2D eigenvalue weighted by Crippen LogP contribution is -2.38. The number of aryl methyl sites for hydroxylation is 1. The van der Waals surface area contributed by atoms with Gasteiger partial charge in [0.15, 0.2) is 17.8 Å². The highest BCUT2D eigenvalue weighted by atomic mass is 17.2. The number of methoxy groups -OCH3 is 3. The number of likely N-dealkylation sites (tertiary alicyclic amines) is 1. The highest BCUT2D eigenvalue weighted by molar-refractivity contribution is 6.23. The number of aliphatic hydroxyl groups is 1. The summed E-state index contributed by atoms with van der Waals surface area (Å²) in [6.07, 6.45) is 1.32. The second-order valence-corrected chi connectivity index (χ2v) is 9.85. The molecule has 14 nitrogen and oxygen atoms in total. The van der Waals surface area contributed by atoms with Gasteiger partial charge in [0.25, 0.3) is 5.91 Å². The quantitative estimate of drug-likeness (QED) is 0.169. The molecule has 1 saturated heterocycles. The van der Waals surface area contributed by atoms with E-state index in [1.807, 2.05) is 0 Å². The van der Waals surface area contributed by atoms with Crippen molar-refractivity contribution in [1.82, 2.24) is 9.47 Å². The van der Waals surface area contributed by atoms with Crippen molar-refractivity contribution in [1.29, 1.82) is 0 Å². The number of benzene rings is 1. The minimum absolute atomic E-state index is 0.0142. The van der Waals surface area contributed by atoms with Gasteiger partial charge in [0.1, 0.15) is 12.3 Å². The van der Waals surface area contributed by atoms with E-state index in [1.54, 1.807) is 14.0 Å². The van der Waals surface area contributed by atoms with E-state index in [0.29, 0.717) is 6.42 Å². The van der Waals surface area contributed by atoms with Crippen molar-refractivity contribution in [3.05, 3.63) is 64.7 Å². The van der Waals surface area contributed by atoms with Gasteiger partial charge in [-0.3, -0.25) is 19.7 Å². The Morgan fingerprint density at radius 2 is 1.91 bits per heavy atom. The van der Waals surface area contributed by atoms with Gasteiger partial charge in [-0.05, 0) is 19.4 Å². The lowest BCUT2D eigenvalue weighted by atomic mass is 9.97. The molecule has 230 valence electrons. The number of hydrogen-bond donors (Lipinski definition) is 2. The van der Waals surface area contributed by atoms with Crippen LogP contribution in [-0.4, -0.2) is 85.0 Å². The molecule has 0 bridgehead atoms. The Labute approximate surface area is 247 Å². The van der Waals surface area contributed by atoms with Crippen LogP contribution in [0.15, 0.2) is 42.3 Å². The number of allylic oxidation sites excluding steroid dienone is 2. The third-order valence-corrected chi connectivity index (χ3v) is 6.99. The number of ether oxygens (including phenoxy) is 4. The van der Waals surface area contributed by atoms with E-state index >= 15 is 0 Å². The lowest BCUT2D eigenvalue weighted by molar-refractivity contribution is -0.306. The summed E-state index contributed by atoms with van der Waals surface area (Å²) in [4.78, 5) is 64.1. The van der Waals surface area contributed by atoms with Gasteiger partial charge in [-0.15, -0.1) is 0 Å². The smallest absolute Gasteiger partial charge is 0.411 e. The summed E-state index contributed by atoms with van der Waals surface area (Å²) in [5.41, 5.74) is 1.27. The van der Waals surface area contributed by atoms with Gasteiger partial charge in [0, 0.05) is 44.6 Å². The number of aliphatic hydroxyl groups excluding tert-OH is 1. The number of hydrogen-bond acceptors (Lipinski definition) is 11. The van der Waals surface area contributed by atoms with Crippen molar-refractivity contribution < 1.29 is 53.0 Å². The van der Waals surface area contributed by atoms with E-state index in [0.717, 1.165) is 11.6 Å². The molecule has 1 unspecified atom stereocenters. The van der Waals surface area contributed by atoms with E-state index in [9.17, 15) is 24.3 Å². The number of carbonyl (C=O) groups is 4. The molecule has 1 fully saturated rings. The first-order chi connectivity index (χ1) is 20.5. The monoisotopic (exact) mass is 599 g/mol. The number of rotatable bonds is 11. The van der Waals surface area contributed by atoms with Gasteiger partial charge in [-0.1, -0.05) is 12.2 Å². The fourth-order valence-corrected chi connectivity index (χ4v) is 4.83. The first-order valence-electron chi connectivity index (χ1n) is 13.2. The van der Waals surface area contributed by atoms with Gasteiger partial charge in [-0.25, -0.2) is 4.79 Å². The lowest BCUT2D eigenvalue weighted by Gasteiger charge is -2.24. The molecular weight excluding hydrogens is 566 g/mol. The maximum Gasteiger partial charge on any atom is 0.411 e. The Balaban J connectivity index is 1.62. The molecule has 1 aromatic carbocycles. The molecular formula is C29H33N3O11. The average Bonchev–Trinajstić information content (AvgIpc) is 3.55. The fraction of sp³-hybridized carbons (Fsp3) is 0.379. The zero-order valence-corrected chi connectivity index (χ0v) is 24.4. The van der Waals surface area contributed by atoms with E-state index in [4.69, 9.17) is 28.7 Å². The van der Waals surface area contributed by atoms with Crippen LogP contribution in [0.25, 0.3) is 0 Å². The van der Waals surface area contributed by atoms with E-state index < -0.39 is 35.9 Å². The summed E-state index contributed by atoms with van der Waals surface area (Å²) in [5.74, 6) is -1.44. The van der Waals surface area contributed by atoms with Gasteiger partial charge in [0.2, 0.25) is 17.3 Å². The van der Waals surface area contributed by atoms with Crippen LogP contribution in [0.2, 0.25) is 0 Å². The SMILES string of the molecule is C=C1C[C@@H](CO)N(C(=O)c2cc(OC)c(OOC(C)OC)cc2NC(=O)OCc2cn(C)c3c2C(=O)C(OC)=CC3=O)C1. The average molecular weight is 600 g/mol. The molecule has 2 N–H and O–H groups in total. The van der Waals surface area contributed by atoms with Crippen molar-refractivity contribution in [3.63, 3.8) is 0 Å². The largest absolute Gasteiger partial charge is 0.493 e. The minimum Gasteiger partial charge on any atom is -0.493 e. The number of carbonyl (C=O) groups excluding carboxylic acids is 4. The van der Waals surface area contributed by atoms with Gasteiger partial charge >= 0.3 is 6.09 Å². The zero-order chi connectivity index (χ0) is 31.4. The number of Topliss-reactive ketones (excluding diaryl/α,β-unsaturated/α-hetero) is 1. The predicted molar refractivity (Wildman–Crippen MR) is 150 cm³/mol. The molecule has 1 aliphatic heterocycles. The second-order valence-electron chi connectivity index (χ2n) is 9.85. The molecule has 2 aliphatic rings. The maximum absolute atomic E-state index is 13.7. The number of nitrogens with one attached hydrogen (secondary N) is 1. The number of nitrogens with zero attached hydrogens (tertiary/aromatic N) is 2. The summed E-state index contributed by atoms with van der Waals surface area (Å²) >= 11 is 0. The maximum atomic E-state index is 13.7. The standard InChI is InChI=1S/C29H33N3O11/c1-15-7-18(13-33)32(11-15)28(36)19-8-22(39-5)23(43-42-16(2)38-4)9-20(19)30-29(37)41-14-17-12-31(3)26-21(34)10-24(40-6)27(35)25(17)26/h8-10,12,16,18,33H,1,7,11,13-14H2,2-6H3,(H,30,37)/t16?,18-/m0/s1. The molecule has 1 aliphatic carbocycles. The minimum atomic E-state index is -0.976. The van der Waals surface area contributed by atoms with Crippen LogP contribution in [0.1, 0.15) is 50.1 Å². The van der Waals surface area contributed by atoms with E-state index in [-0.39, 0.29) is 65.1 Å². The highest BCUT2D eigenvalue weighted by Gasteiger charge is 2.34. The first kappa shape index (κ1) is 31.3. The van der Waals surface area contributed by atoms with Crippen LogP contribution in [0.5, 0.6) is 11.5 Å². The van der Waals surface area contributed by atoms with E-state index in [2.05, 4.69) is 11.9 Å². The number of ketones is 2. The third kappa shape index (κ3) is 6.40. The second kappa shape index (κ2) is 13.1. The number of fused-ring (bicyclic) bond motifs is 1. The summed E-state index contributed by atoms with van der Waals surface area (Å²) in [6.45, 7) is 5.07. The molecule has 2 atom stereocenters. The Morgan fingerprint density at radius 3 is 2.56 bits per heavy atom. The zero-order valence-electron chi connectivity index (χ0n) is 24.4. The summed E-state index contributed by atoms with van der Waals surface area (Å²) in [7, 11) is 5.65. The molecule has 2 heterocycles. The van der Waals surface area contributed by atoms with Crippen LogP contribution in [0.4, 0.5) is 10.5 Å². The Kier molecular flexibility index (Phi) is 9.53. The van der Waals surface area contributed by atoms with Gasteiger partial charge in [0.05, 0.1) is 43.7 Å². The summed E-state index contributed by atoms with van der Waals surface area (Å²) in [6, 6.07) is 2.18. The summed E-state index contributed by atoms with van der Waals surface area (Å²) < 4.78 is 22.3. The van der Waals surface area contributed by atoms with Crippen LogP contribution >= 0.6 is 0 Å². The normalized spacial score (nSPS) is 16.9. The number of anilines is 1. The highest BCUT2D eigenvalue weighted by Crippen LogP contribution is 2.36. The number of amides is 2. The Bertz CT molecular complexity index is 1490.